The van der Waals surface area contributed by atoms with E-state index in [1.165, 1.54) is 0 Å². The van der Waals surface area contributed by atoms with Gasteiger partial charge in [-0.2, -0.15) is 5.26 Å². The van der Waals surface area contributed by atoms with E-state index in [0.717, 1.165) is 17.0 Å². The van der Waals surface area contributed by atoms with Crippen LogP contribution >= 0.6 is 0 Å². The summed E-state index contributed by atoms with van der Waals surface area (Å²) in [5.41, 5.74) is 3.95. The highest BCUT2D eigenvalue weighted by molar-refractivity contribution is 5.98. The number of hydrogen-bond donors (Lipinski definition) is 2. The van der Waals surface area contributed by atoms with Crippen molar-refractivity contribution in [3.8, 4) is 17.2 Å². The van der Waals surface area contributed by atoms with Crippen LogP contribution in [0, 0.1) is 18.3 Å². The maximum atomic E-state index is 11.6. The number of nitrogens with one attached hydrogen (secondary N) is 1. The predicted octanol–water partition coefficient (Wildman–Crippen LogP) is 3.68. The van der Waals surface area contributed by atoms with Crippen molar-refractivity contribution in [3.05, 3.63) is 46.8 Å². The van der Waals surface area contributed by atoms with Crippen LogP contribution in [0.2, 0.25) is 0 Å². The standard InChI is InChI=1S/C16H16N2O2/c1-9(2)15-14(16(19)20)13(10(3)18-15)12-6-4-11(8-17)5-7-12/h4-7,9,18H,1-3H3,(H,19,20). The Kier molecular flexibility index (Phi) is 3.62. The van der Waals surface area contributed by atoms with E-state index in [9.17, 15) is 9.90 Å². The van der Waals surface area contributed by atoms with Gasteiger partial charge in [-0.3, -0.25) is 0 Å². The van der Waals surface area contributed by atoms with E-state index < -0.39 is 5.97 Å². The van der Waals surface area contributed by atoms with E-state index >= 15 is 0 Å². The maximum absolute atomic E-state index is 11.6. The fraction of sp³-hybridized carbons (Fsp3) is 0.250. The van der Waals surface area contributed by atoms with Crippen molar-refractivity contribution in [2.75, 3.05) is 0 Å². The summed E-state index contributed by atoms with van der Waals surface area (Å²) in [5, 5.41) is 18.3. The highest BCUT2D eigenvalue weighted by Crippen LogP contribution is 2.33. The first-order valence-electron chi connectivity index (χ1n) is 6.42. The molecule has 0 saturated heterocycles. The maximum Gasteiger partial charge on any atom is 0.338 e. The zero-order valence-electron chi connectivity index (χ0n) is 11.7. The van der Waals surface area contributed by atoms with Crippen LogP contribution in [0.4, 0.5) is 0 Å². The Hall–Kier alpha value is -2.54. The van der Waals surface area contributed by atoms with Gasteiger partial charge >= 0.3 is 5.97 Å². The molecule has 0 bridgehead atoms. The largest absolute Gasteiger partial charge is 0.478 e. The lowest BCUT2D eigenvalue weighted by atomic mass is 9.96. The smallest absolute Gasteiger partial charge is 0.338 e. The minimum absolute atomic E-state index is 0.104. The molecule has 0 aliphatic heterocycles. The quantitative estimate of drug-likeness (QED) is 0.891. The SMILES string of the molecule is Cc1[nH]c(C(C)C)c(C(=O)O)c1-c1ccc(C#N)cc1. The number of aromatic amines is 1. The molecule has 0 spiro atoms. The molecule has 0 radical (unpaired) electrons. The molecule has 1 aromatic heterocycles. The van der Waals surface area contributed by atoms with Crippen molar-refractivity contribution in [2.24, 2.45) is 0 Å². The third kappa shape index (κ3) is 2.30. The van der Waals surface area contributed by atoms with Crippen LogP contribution in [-0.4, -0.2) is 16.1 Å². The Morgan fingerprint density at radius 2 is 1.90 bits per heavy atom. The van der Waals surface area contributed by atoms with Crippen molar-refractivity contribution in [1.82, 2.24) is 4.98 Å². The van der Waals surface area contributed by atoms with Gasteiger partial charge in [0, 0.05) is 17.0 Å². The summed E-state index contributed by atoms with van der Waals surface area (Å²) in [6, 6.07) is 9.02. The average molecular weight is 268 g/mol. The molecular weight excluding hydrogens is 252 g/mol. The van der Waals surface area contributed by atoms with Crippen LogP contribution in [0.3, 0.4) is 0 Å². The van der Waals surface area contributed by atoms with Crippen LogP contribution in [0.15, 0.2) is 24.3 Å². The normalized spacial score (nSPS) is 10.6. The first-order valence-corrected chi connectivity index (χ1v) is 6.42. The lowest BCUT2D eigenvalue weighted by Crippen LogP contribution is -2.03. The van der Waals surface area contributed by atoms with Crippen molar-refractivity contribution >= 4 is 5.97 Å². The van der Waals surface area contributed by atoms with Crippen LogP contribution in [0.1, 0.15) is 47.1 Å². The van der Waals surface area contributed by atoms with E-state index in [2.05, 4.69) is 11.1 Å². The second-order valence-electron chi connectivity index (χ2n) is 5.06. The molecule has 0 amide bonds. The lowest BCUT2D eigenvalue weighted by molar-refractivity contribution is 0.0696. The number of aromatic carboxylic acids is 1. The number of carboxylic acid groups (broad SMARTS) is 1. The minimum atomic E-state index is -0.933. The molecular formula is C16H16N2O2. The van der Waals surface area contributed by atoms with Crippen molar-refractivity contribution in [1.29, 1.82) is 5.26 Å². The molecule has 0 atom stereocenters. The van der Waals surface area contributed by atoms with E-state index in [1.807, 2.05) is 20.8 Å². The Balaban J connectivity index is 2.66. The highest BCUT2D eigenvalue weighted by Gasteiger charge is 2.23. The molecule has 0 fully saturated rings. The van der Waals surface area contributed by atoms with Gasteiger partial charge in [-0.25, -0.2) is 4.79 Å². The minimum Gasteiger partial charge on any atom is -0.478 e. The summed E-state index contributed by atoms with van der Waals surface area (Å²) in [7, 11) is 0. The van der Waals surface area contributed by atoms with Crippen LogP contribution < -0.4 is 0 Å². The number of carboxylic acids is 1. The lowest BCUT2D eigenvalue weighted by Gasteiger charge is -2.06. The molecule has 2 aromatic rings. The van der Waals surface area contributed by atoms with Gasteiger partial charge in [-0.15, -0.1) is 0 Å². The van der Waals surface area contributed by atoms with Gasteiger partial charge in [0.15, 0.2) is 0 Å². The number of rotatable bonds is 3. The van der Waals surface area contributed by atoms with E-state index in [0.29, 0.717) is 16.7 Å². The molecule has 0 aliphatic rings. The first-order chi connectivity index (χ1) is 9.45. The first kappa shape index (κ1) is 13.9. The van der Waals surface area contributed by atoms with Crippen molar-refractivity contribution < 1.29 is 9.90 Å². The summed E-state index contributed by atoms with van der Waals surface area (Å²) in [5.74, 6) is -0.829. The highest BCUT2D eigenvalue weighted by atomic mass is 16.4. The Morgan fingerprint density at radius 3 is 2.35 bits per heavy atom. The van der Waals surface area contributed by atoms with Gasteiger partial charge in [0.2, 0.25) is 0 Å². The Bertz CT molecular complexity index is 689. The summed E-state index contributed by atoms with van der Waals surface area (Å²) in [6.45, 7) is 5.78. The second kappa shape index (κ2) is 5.22. The Morgan fingerprint density at radius 1 is 1.30 bits per heavy atom. The molecule has 0 aliphatic carbocycles. The molecule has 102 valence electrons. The number of benzene rings is 1. The number of aryl methyl sites for hydroxylation is 1. The van der Waals surface area contributed by atoms with Gasteiger partial charge in [-0.1, -0.05) is 26.0 Å². The van der Waals surface area contributed by atoms with Gasteiger partial charge in [0.25, 0.3) is 0 Å². The molecule has 1 aromatic carbocycles. The number of aromatic nitrogens is 1. The van der Waals surface area contributed by atoms with Gasteiger partial charge in [0.1, 0.15) is 0 Å². The predicted molar refractivity (Wildman–Crippen MR) is 76.7 cm³/mol. The van der Waals surface area contributed by atoms with E-state index in [-0.39, 0.29) is 5.92 Å². The summed E-state index contributed by atoms with van der Waals surface area (Å²) < 4.78 is 0. The fourth-order valence-electron chi connectivity index (χ4n) is 2.38. The summed E-state index contributed by atoms with van der Waals surface area (Å²) >= 11 is 0. The van der Waals surface area contributed by atoms with E-state index in [4.69, 9.17) is 5.26 Å². The summed E-state index contributed by atoms with van der Waals surface area (Å²) in [6.07, 6.45) is 0. The van der Waals surface area contributed by atoms with Crippen molar-refractivity contribution in [2.45, 2.75) is 26.7 Å². The van der Waals surface area contributed by atoms with Crippen LogP contribution in [0.5, 0.6) is 0 Å². The summed E-state index contributed by atoms with van der Waals surface area (Å²) in [4.78, 5) is 14.8. The molecule has 2 rings (SSSR count). The van der Waals surface area contributed by atoms with E-state index in [1.54, 1.807) is 24.3 Å². The fourth-order valence-corrected chi connectivity index (χ4v) is 2.38. The van der Waals surface area contributed by atoms with Crippen LogP contribution in [-0.2, 0) is 0 Å². The number of carbonyl (C=O) groups is 1. The zero-order chi connectivity index (χ0) is 14.9. The monoisotopic (exact) mass is 268 g/mol. The number of nitrogens with zero attached hydrogens (tertiary/aromatic N) is 1. The Labute approximate surface area is 117 Å². The van der Waals surface area contributed by atoms with Gasteiger partial charge < -0.3 is 10.1 Å². The third-order valence-corrected chi connectivity index (χ3v) is 3.31. The third-order valence-electron chi connectivity index (χ3n) is 3.31. The molecule has 4 nitrogen and oxygen atoms in total. The molecule has 0 unspecified atom stereocenters. The molecule has 0 saturated carbocycles. The second-order valence-corrected chi connectivity index (χ2v) is 5.06. The molecule has 1 heterocycles. The molecule has 20 heavy (non-hydrogen) atoms. The number of nitriles is 1. The van der Waals surface area contributed by atoms with Gasteiger partial charge in [-0.05, 0) is 30.5 Å². The van der Waals surface area contributed by atoms with Gasteiger partial charge in [0.05, 0.1) is 17.2 Å². The topological polar surface area (TPSA) is 76.9 Å². The average Bonchev–Trinajstić information content (AvgIpc) is 2.77. The van der Waals surface area contributed by atoms with Crippen LogP contribution in [0.25, 0.3) is 11.1 Å². The number of H-pyrrole nitrogens is 1. The molecule has 4 heteroatoms. The number of hydrogen-bond acceptors (Lipinski definition) is 2. The molecule has 2 N–H and O–H groups in total. The zero-order valence-corrected chi connectivity index (χ0v) is 11.7. The van der Waals surface area contributed by atoms with Crippen molar-refractivity contribution in [3.63, 3.8) is 0 Å².